The van der Waals surface area contributed by atoms with Gasteiger partial charge in [-0.1, -0.05) is 32.6 Å². The summed E-state index contributed by atoms with van der Waals surface area (Å²) < 4.78 is 32.0. The van der Waals surface area contributed by atoms with E-state index in [0.717, 1.165) is 44.2 Å². The molecule has 1 N–H and O–H groups in total. The van der Waals surface area contributed by atoms with Gasteiger partial charge >= 0.3 is 5.97 Å². The van der Waals surface area contributed by atoms with Gasteiger partial charge in [0.1, 0.15) is 0 Å². The van der Waals surface area contributed by atoms with Gasteiger partial charge < -0.3 is 9.84 Å². The molecule has 0 saturated heterocycles. The Hall–Kier alpha value is -1.65. The lowest BCUT2D eigenvalue weighted by Crippen LogP contribution is -2.06. The summed E-state index contributed by atoms with van der Waals surface area (Å²) in [6.45, 7) is 2.41. The van der Waals surface area contributed by atoms with Crippen LogP contribution in [-0.2, 0) is 0 Å². The average molecular weight is 272 g/mol. The van der Waals surface area contributed by atoms with Crippen molar-refractivity contribution in [2.24, 2.45) is 0 Å². The highest BCUT2D eigenvalue weighted by Gasteiger charge is 2.18. The summed E-state index contributed by atoms with van der Waals surface area (Å²) in [5, 5.41) is 8.63. The fraction of sp³-hybridized carbons (Fsp3) is 0.500. The number of benzene rings is 1. The molecule has 0 amide bonds. The van der Waals surface area contributed by atoms with Gasteiger partial charge in [0.2, 0.25) is 5.82 Å². The number of carbonyl (C=O) groups is 1. The zero-order chi connectivity index (χ0) is 14.3. The van der Waals surface area contributed by atoms with Crippen LogP contribution < -0.4 is 4.74 Å². The molecule has 0 bridgehead atoms. The maximum Gasteiger partial charge on any atom is 0.338 e. The number of aromatic carboxylic acids is 1. The molecule has 0 heterocycles. The summed E-state index contributed by atoms with van der Waals surface area (Å²) in [4.78, 5) is 10.6. The molecule has 0 saturated carbocycles. The zero-order valence-electron chi connectivity index (χ0n) is 10.9. The number of unbranched alkanes of at least 4 members (excludes halogenated alkanes) is 4. The summed E-state index contributed by atoms with van der Waals surface area (Å²) in [6, 6.07) is 2.15. The lowest BCUT2D eigenvalue weighted by Gasteiger charge is -2.08. The fourth-order valence-corrected chi connectivity index (χ4v) is 1.70. The topological polar surface area (TPSA) is 46.5 Å². The van der Waals surface area contributed by atoms with E-state index in [-0.39, 0.29) is 5.75 Å². The normalized spacial score (nSPS) is 10.5. The molecule has 0 aromatic heterocycles. The van der Waals surface area contributed by atoms with Gasteiger partial charge in [-0.3, -0.25) is 0 Å². The lowest BCUT2D eigenvalue weighted by molar-refractivity contribution is 0.0690. The molecule has 0 aliphatic rings. The van der Waals surface area contributed by atoms with Gasteiger partial charge in [-0.15, -0.1) is 0 Å². The second-order valence-corrected chi connectivity index (χ2v) is 4.31. The molecule has 0 unspecified atom stereocenters. The van der Waals surface area contributed by atoms with E-state index in [2.05, 4.69) is 6.92 Å². The molecule has 106 valence electrons. The molecule has 19 heavy (non-hydrogen) atoms. The summed E-state index contributed by atoms with van der Waals surface area (Å²) in [5.74, 6) is -4.36. The first-order valence-corrected chi connectivity index (χ1v) is 6.42. The number of carboxylic acid groups (broad SMARTS) is 1. The quantitative estimate of drug-likeness (QED) is 0.727. The van der Waals surface area contributed by atoms with Gasteiger partial charge in [0, 0.05) is 0 Å². The van der Waals surface area contributed by atoms with Crippen LogP contribution in [-0.4, -0.2) is 17.7 Å². The minimum atomic E-state index is -1.50. The highest BCUT2D eigenvalue weighted by Crippen LogP contribution is 2.23. The standard InChI is InChI=1S/C14H18F2O3/c1-2-3-4-5-6-9-19-11-8-7-10(14(17)18)12(15)13(11)16/h7-8H,2-6,9H2,1H3,(H,17,18). The largest absolute Gasteiger partial charge is 0.490 e. The van der Waals surface area contributed by atoms with Gasteiger partial charge in [0.05, 0.1) is 12.2 Å². The summed E-state index contributed by atoms with van der Waals surface area (Å²) in [7, 11) is 0. The third-order valence-corrected chi connectivity index (χ3v) is 2.78. The van der Waals surface area contributed by atoms with Crippen molar-refractivity contribution in [3.8, 4) is 5.75 Å². The lowest BCUT2D eigenvalue weighted by atomic mass is 10.1. The van der Waals surface area contributed by atoms with Gasteiger partial charge in [0.15, 0.2) is 11.6 Å². The summed E-state index contributed by atoms with van der Waals surface area (Å²) in [6.07, 6.45) is 5.12. The molecule has 3 nitrogen and oxygen atoms in total. The van der Waals surface area contributed by atoms with Crippen LogP contribution in [0.25, 0.3) is 0 Å². The summed E-state index contributed by atoms with van der Waals surface area (Å²) in [5.41, 5.74) is -0.687. The predicted octanol–water partition coefficient (Wildman–Crippen LogP) is 4.01. The Kier molecular flexibility index (Phi) is 6.25. The predicted molar refractivity (Wildman–Crippen MR) is 67.6 cm³/mol. The van der Waals surface area contributed by atoms with Crippen LogP contribution in [0.3, 0.4) is 0 Å². The van der Waals surface area contributed by atoms with Crippen molar-refractivity contribution in [1.82, 2.24) is 0 Å². The van der Waals surface area contributed by atoms with E-state index in [9.17, 15) is 13.6 Å². The molecule has 0 aliphatic carbocycles. The number of halogens is 2. The van der Waals surface area contributed by atoms with Gasteiger partial charge in [-0.2, -0.15) is 4.39 Å². The highest BCUT2D eigenvalue weighted by atomic mass is 19.2. The molecular formula is C14H18F2O3. The van der Waals surface area contributed by atoms with Crippen molar-refractivity contribution in [3.63, 3.8) is 0 Å². The van der Waals surface area contributed by atoms with Crippen molar-refractivity contribution < 1.29 is 23.4 Å². The molecule has 5 heteroatoms. The SMILES string of the molecule is CCCCCCCOc1ccc(C(=O)O)c(F)c1F. The molecule has 0 spiro atoms. The first-order chi connectivity index (χ1) is 9.07. The number of hydrogen-bond acceptors (Lipinski definition) is 2. The summed E-state index contributed by atoms with van der Waals surface area (Å²) >= 11 is 0. The Labute approximate surface area is 111 Å². The van der Waals surface area contributed by atoms with Crippen LogP contribution in [0.5, 0.6) is 5.75 Å². The van der Waals surface area contributed by atoms with Crippen molar-refractivity contribution >= 4 is 5.97 Å². The van der Waals surface area contributed by atoms with Gasteiger partial charge in [-0.25, -0.2) is 9.18 Å². The Morgan fingerprint density at radius 2 is 1.84 bits per heavy atom. The fourth-order valence-electron chi connectivity index (χ4n) is 1.70. The third kappa shape index (κ3) is 4.50. The first-order valence-electron chi connectivity index (χ1n) is 6.42. The van der Waals surface area contributed by atoms with Crippen LogP contribution in [0, 0.1) is 11.6 Å². The molecule has 0 aliphatic heterocycles. The van der Waals surface area contributed by atoms with Crippen molar-refractivity contribution in [2.75, 3.05) is 6.61 Å². The van der Waals surface area contributed by atoms with Crippen LogP contribution in [0.2, 0.25) is 0 Å². The molecule has 1 aromatic rings. The number of ether oxygens (including phenoxy) is 1. The molecule has 0 atom stereocenters. The maximum absolute atomic E-state index is 13.5. The minimum absolute atomic E-state index is 0.238. The van der Waals surface area contributed by atoms with Crippen LogP contribution in [0.4, 0.5) is 8.78 Å². The van der Waals surface area contributed by atoms with Crippen molar-refractivity contribution in [1.29, 1.82) is 0 Å². The van der Waals surface area contributed by atoms with Crippen LogP contribution >= 0.6 is 0 Å². The van der Waals surface area contributed by atoms with E-state index in [1.807, 2.05) is 0 Å². The van der Waals surface area contributed by atoms with E-state index < -0.39 is 23.2 Å². The Morgan fingerprint density at radius 1 is 1.16 bits per heavy atom. The van der Waals surface area contributed by atoms with Crippen LogP contribution in [0.1, 0.15) is 49.4 Å². The number of carboxylic acids is 1. The molecule has 1 aromatic carbocycles. The smallest absolute Gasteiger partial charge is 0.338 e. The molecule has 0 fully saturated rings. The monoisotopic (exact) mass is 272 g/mol. The van der Waals surface area contributed by atoms with Crippen molar-refractivity contribution in [3.05, 3.63) is 29.3 Å². The Balaban J connectivity index is 2.51. The molecule has 1 rings (SSSR count). The van der Waals surface area contributed by atoms with Crippen molar-refractivity contribution in [2.45, 2.75) is 39.0 Å². The second kappa shape index (κ2) is 7.71. The zero-order valence-corrected chi connectivity index (χ0v) is 10.9. The Morgan fingerprint density at radius 3 is 2.47 bits per heavy atom. The Bertz CT molecular complexity index is 433. The number of rotatable bonds is 8. The maximum atomic E-state index is 13.5. The average Bonchev–Trinajstić information content (AvgIpc) is 2.38. The van der Waals surface area contributed by atoms with Crippen LogP contribution in [0.15, 0.2) is 12.1 Å². The number of hydrogen-bond donors (Lipinski definition) is 1. The third-order valence-electron chi connectivity index (χ3n) is 2.78. The first kappa shape index (κ1) is 15.4. The van der Waals surface area contributed by atoms with E-state index in [4.69, 9.17) is 9.84 Å². The minimum Gasteiger partial charge on any atom is -0.490 e. The van der Waals surface area contributed by atoms with E-state index in [1.54, 1.807) is 0 Å². The van der Waals surface area contributed by atoms with E-state index in [0.29, 0.717) is 6.61 Å². The van der Waals surface area contributed by atoms with Gasteiger partial charge in [-0.05, 0) is 18.6 Å². The van der Waals surface area contributed by atoms with Gasteiger partial charge in [0.25, 0.3) is 0 Å². The second-order valence-electron chi connectivity index (χ2n) is 4.31. The van der Waals surface area contributed by atoms with E-state index >= 15 is 0 Å². The van der Waals surface area contributed by atoms with E-state index in [1.165, 1.54) is 0 Å². The molecular weight excluding hydrogens is 254 g/mol. The highest BCUT2D eigenvalue weighted by molar-refractivity contribution is 5.88. The molecule has 0 radical (unpaired) electrons.